The molecule has 0 amide bonds. The predicted octanol–water partition coefficient (Wildman–Crippen LogP) is 3.06. The van der Waals surface area contributed by atoms with Crippen molar-refractivity contribution in [3.8, 4) is 5.75 Å². The highest BCUT2D eigenvalue weighted by molar-refractivity contribution is 5.85. The Bertz CT molecular complexity index is 353. The number of hydrogen-bond donors (Lipinski definition) is 1. The molecule has 0 aromatic heterocycles. The van der Waals surface area contributed by atoms with Gasteiger partial charge in [0.25, 0.3) is 0 Å². The van der Waals surface area contributed by atoms with Crippen molar-refractivity contribution in [2.45, 2.75) is 25.8 Å². The van der Waals surface area contributed by atoms with E-state index in [0.717, 1.165) is 5.56 Å². The quantitative estimate of drug-likeness (QED) is 0.885. The van der Waals surface area contributed by atoms with E-state index >= 15 is 0 Å². The zero-order chi connectivity index (χ0) is 10.8. The Kier molecular flexibility index (Phi) is 4.56. The van der Waals surface area contributed by atoms with Gasteiger partial charge < -0.3 is 10.5 Å². The van der Waals surface area contributed by atoms with Crippen molar-refractivity contribution in [2.75, 3.05) is 6.61 Å². The van der Waals surface area contributed by atoms with Gasteiger partial charge in [-0.05, 0) is 43.4 Å². The topological polar surface area (TPSA) is 35.2 Å². The lowest BCUT2D eigenvalue weighted by molar-refractivity contribution is 0.285. The van der Waals surface area contributed by atoms with Gasteiger partial charge in [-0.15, -0.1) is 12.4 Å². The van der Waals surface area contributed by atoms with E-state index in [9.17, 15) is 4.39 Å². The molecule has 90 valence electrons. The Morgan fingerprint density at radius 3 is 2.75 bits per heavy atom. The average molecular weight is 246 g/mol. The van der Waals surface area contributed by atoms with Crippen LogP contribution in [0.25, 0.3) is 0 Å². The summed E-state index contributed by atoms with van der Waals surface area (Å²) in [7, 11) is 0. The van der Waals surface area contributed by atoms with Crippen LogP contribution in [0, 0.1) is 11.7 Å². The van der Waals surface area contributed by atoms with Crippen LogP contribution < -0.4 is 10.5 Å². The summed E-state index contributed by atoms with van der Waals surface area (Å²) in [6.45, 7) is 2.50. The summed E-state index contributed by atoms with van der Waals surface area (Å²) in [4.78, 5) is 0. The van der Waals surface area contributed by atoms with Crippen molar-refractivity contribution in [2.24, 2.45) is 11.7 Å². The van der Waals surface area contributed by atoms with E-state index in [1.807, 2.05) is 6.92 Å². The maximum absolute atomic E-state index is 13.3. The van der Waals surface area contributed by atoms with E-state index in [-0.39, 0.29) is 24.3 Å². The predicted molar refractivity (Wildman–Crippen MR) is 64.5 cm³/mol. The maximum atomic E-state index is 13.3. The van der Waals surface area contributed by atoms with Crippen LogP contribution in [0.3, 0.4) is 0 Å². The molecule has 0 unspecified atom stereocenters. The molecule has 2 rings (SSSR count). The second kappa shape index (κ2) is 5.51. The third-order valence-electron chi connectivity index (χ3n) is 2.65. The van der Waals surface area contributed by atoms with Gasteiger partial charge in [0.2, 0.25) is 0 Å². The number of halogens is 2. The van der Waals surface area contributed by atoms with Crippen LogP contribution in [0.5, 0.6) is 5.75 Å². The van der Waals surface area contributed by atoms with E-state index in [0.29, 0.717) is 18.3 Å². The highest BCUT2D eigenvalue weighted by Crippen LogP contribution is 2.30. The summed E-state index contributed by atoms with van der Waals surface area (Å²) >= 11 is 0. The molecule has 2 N–H and O–H groups in total. The number of rotatable bonds is 4. The molecule has 0 radical (unpaired) electrons. The summed E-state index contributed by atoms with van der Waals surface area (Å²) in [6, 6.07) is 4.72. The van der Waals surface area contributed by atoms with Gasteiger partial charge in [-0.1, -0.05) is 6.07 Å². The first-order valence-corrected chi connectivity index (χ1v) is 5.34. The van der Waals surface area contributed by atoms with Crippen molar-refractivity contribution in [3.63, 3.8) is 0 Å². The highest BCUT2D eigenvalue weighted by atomic mass is 35.5. The first-order chi connectivity index (χ1) is 7.16. The third-order valence-corrected chi connectivity index (χ3v) is 2.65. The fourth-order valence-corrected chi connectivity index (χ4v) is 1.41. The molecule has 1 aromatic carbocycles. The van der Waals surface area contributed by atoms with E-state index in [1.165, 1.54) is 18.9 Å². The average Bonchev–Trinajstić information content (AvgIpc) is 3.00. The maximum Gasteiger partial charge on any atom is 0.165 e. The van der Waals surface area contributed by atoms with E-state index in [1.54, 1.807) is 12.1 Å². The second-order valence-corrected chi connectivity index (χ2v) is 4.23. The van der Waals surface area contributed by atoms with Crippen molar-refractivity contribution >= 4 is 12.4 Å². The zero-order valence-corrected chi connectivity index (χ0v) is 10.1. The molecule has 1 fully saturated rings. The molecular weight excluding hydrogens is 229 g/mol. The summed E-state index contributed by atoms with van der Waals surface area (Å²) in [6.07, 6.45) is 2.41. The van der Waals surface area contributed by atoms with E-state index in [2.05, 4.69) is 0 Å². The van der Waals surface area contributed by atoms with Crippen LogP contribution in [0.2, 0.25) is 0 Å². The van der Waals surface area contributed by atoms with E-state index in [4.69, 9.17) is 10.5 Å². The Morgan fingerprint density at radius 1 is 1.50 bits per heavy atom. The first-order valence-electron chi connectivity index (χ1n) is 5.34. The second-order valence-electron chi connectivity index (χ2n) is 4.23. The van der Waals surface area contributed by atoms with Crippen LogP contribution in [0.1, 0.15) is 31.4 Å². The number of hydrogen-bond acceptors (Lipinski definition) is 2. The normalized spacial score (nSPS) is 16.4. The van der Waals surface area contributed by atoms with Crippen molar-refractivity contribution in [1.82, 2.24) is 0 Å². The number of ether oxygens (including phenoxy) is 1. The molecule has 1 aromatic rings. The monoisotopic (exact) mass is 245 g/mol. The highest BCUT2D eigenvalue weighted by Gasteiger charge is 2.22. The molecule has 4 heteroatoms. The Morgan fingerprint density at radius 2 is 2.19 bits per heavy atom. The SMILES string of the molecule is C[C@@H](N)c1ccc(F)c(OCC2CC2)c1.Cl. The Balaban J connectivity index is 0.00000128. The molecule has 2 nitrogen and oxygen atoms in total. The lowest BCUT2D eigenvalue weighted by Gasteiger charge is -2.10. The zero-order valence-electron chi connectivity index (χ0n) is 9.28. The molecule has 16 heavy (non-hydrogen) atoms. The molecule has 0 spiro atoms. The minimum absolute atomic E-state index is 0. The first kappa shape index (κ1) is 13.3. The van der Waals surface area contributed by atoms with Gasteiger partial charge in [-0.2, -0.15) is 0 Å². The number of benzene rings is 1. The lowest BCUT2D eigenvalue weighted by Crippen LogP contribution is -2.07. The van der Waals surface area contributed by atoms with Gasteiger partial charge in [0.15, 0.2) is 11.6 Å². The van der Waals surface area contributed by atoms with Crippen LogP contribution in [0.4, 0.5) is 4.39 Å². The Labute approximate surface area is 101 Å². The standard InChI is InChI=1S/C12H16FNO.ClH/c1-8(14)10-4-5-11(13)12(6-10)15-7-9-2-3-9;/h4-6,8-9H,2-3,7,14H2,1H3;1H/t8-;/m1./s1. The minimum Gasteiger partial charge on any atom is -0.490 e. The van der Waals surface area contributed by atoms with Gasteiger partial charge in [-0.25, -0.2) is 4.39 Å². The van der Waals surface area contributed by atoms with Gasteiger partial charge in [0, 0.05) is 6.04 Å². The molecule has 0 heterocycles. The van der Waals surface area contributed by atoms with E-state index < -0.39 is 0 Å². The van der Waals surface area contributed by atoms with Gasteiger partial charge in [-0.3, -0.25) is 0 Å². The summed E-state index contributed by atoms with van der Waals surface area (Å²) in [5.41, 5.74) is 6.63. The van der Waals surface area contributed by atoms with Crippen LogP contribution in [-0.2, 0) is 0 Å². The summed E-state index contributed by atoms with van der Waals surface area (Å²) < 4.78 is 18.8. The molecule has 0 bridgehead atoms. The molecule has 1 aliphatic carbocycles. The molecule has 1 aliphatic rings. The molecule has 0 saturated heterocycles. The van der Waals surface area contributed by atoms with Crippen LogP contribution in [0.15, 0.2) is 18.2 Å². The molecular formula is C12H17ClFNO. The van der Waals surface area contributed by atoms with Crippen molar-refractivity contribution in [3.05, 3.63) is 29.6 Å². The van der Waals surface area contributed by atoms with Crippen LogP contribution in [-0.4, -0.2) is 6.61 Å². The summed E-state index contributed by atoms with van der Waals surface area (Å²) in [5.74, 6) is 0.653. The van der Waals surface area contributed by atoms with Gasteiger partial charge in [0.05, 0.1) is 6.61 Å². The van der Waals surface area contributed by atoms with Gasteiger partial charge >= 0.3 is 0 Å². The number of nitrogens with two attached hydrogens (primary N) is 1. The smallest absolute Gasteiger partial charge is 0.165 e. The largest absolute Gasteiger partial charge is 0.490 e. The molecule has 1 atom stereocenters. The Hall–Kier alpha value is -0.800. The summed E-state index contributed by atoms with van der Waals surface area (Å²) in [5, 5.41) is 0. The van der Waals surface area contributed by atoms with Crippen LogP contribution >= 0.6 is 12.4 Å². The van der Waals surface area contributed by atoms with Gasteiger partial charge in [0.1, 0.15) is 0 Å². The lowest BCUT2D eigenvalue weighted by atomic mass is 10.1. The van der Waals surface area contributed by atoms with Crippen molar-refractivity contribution < 1.29 is 9.13 Å². The molecule has 1 saturated carbocycles. The molecule has 0 aliphatic heterocycles. The fraction of sp³-hybridized carbons (Fsp3) is 0.500. The minimum atomic E-state index is -0.306. The fourth-order valence-electron chi connectivity index (χ4n) is 1.41. The van der Waals surface area contributed by atoms with Crippen molar-refractivity contribution in [1.29, 1.82) is 0 Å². The third kappa shape index (κ3) is 3.35.